The maximum absolute atomic E-state index is 5.60. The van der Waals surface area contributed by atoms with Crippen LogP contribution in [-0.4, -0.2) is 33.9 Å². The summed E-state index contributed by atoms with van der Waals surface area (Å²) in [4.78, 5) is 0. The molecule has 0 heterocycles. The van der Waals surface area contributed by atoms with Gasteiger partial charge in [0.1, 0.15) is 5.75 Å². The monoisotopic (exact) mass is 277 g/mol. The number of ether oxygens (including phenoxy) is 2. The van der Waals surface area contributed by atoms with E-state index in [1.165, 1.54) is 37.7 Å². The summed E-state index contributed by atoms with van der Waals surface area (Å²) in [6, 6.07) is 8.50. The lowest BCUT2D eigenvalue weighted by molar-refractivity contribution is 0.191. The fraction of sp³-hybridized carbons (Fsp3) is 0.647. The molecule has 0 bridgehead atoms. The zero-order valence-electron chi connectivity index (χ0n) is 12.8. The van der Waals surface area contributed by atoms with Crippen LogP contribution in [-0.2, 0) is 10.2 Å². The van der Waals surface area contributed by atoms with Gasteiger partial charge in [0.2, 0.25) is 0 Å². The molecule has 1 aliphatic carbocycles. The van der Waals surface area contributed by atoms with Gasteiger partial charge in [-0.3, -0.25) is 0 Å². The molecule has 1 fully saturated rings. The summed E-state index contributed by atoms with van der Waals surface area (Å²) in [6.07, 6.45) is 6.46. The first-order valence-electron chi connectivity index (χ1n) is 7.65. The van der Waals surface area contributed by atoms with E-state index in [1.807, 2.05) is 0 Å². The fourth-order valence-electron chi connectivity index (χ4n) is 3.35. The van der Waals surface area contributed by atoms with Gasteiger partial charge in [-0.05, 0) is 18.9 Å². The summed E-state index contributed by atoms with van der Waals surface area (Å²) in [6.45, 7) is 2.69. The van der Waals surface area contributed by atoms with Crippen molar-refractivity contribution in [2.45, 2.75) is 37.5 Å². The number of para-hydroxylation sites is 1. The lowest BCUT2D eigenvalue weighted by Crippen LogP contribution is -2.41. The number of methoxy groups -OCH3 is 2. The van der Waals surface area contributed by atoms with E-state index in [9.17, 15) is 0 Å². The average molecular weight is 277 g/mol. The van der Waals surface area contributed by atoms with Crippen LogP contribution in [0.25, 0.3) is 0 Å². The van der Waals surface area contributed by atoms with E-state index in [0.717, 1.165) is 25.4 Å². The molecule has 20 heavy (non-hydrogen) atoms. The van der Waals surface area contributed by atoms with Crippen molar-refractivity contribution in [3.05, 3.63) is 29.8 Å². The molecule has 1 aromatic rings. The average Bonchev–Trinajstić information content (AvgIpc) is 2.52. The third-order valence-corrected chi connectivity index (χ3v) is 4.44. The van der Waals surface area contributed by atoms with E-state index in [2.05, 4.69) is 29.6 Å². The minimum Gasteiger partial charge on any atom is -0.496 e. The molecular weight excluding hydrogens is 250 g/mol. The fourth-order valence-corrected chi connectivity index (χ4v) is 3.35. The molecule has 112 valence electrons. The van der Waals surface area contributed by atoms with E-state index in [4.69, 9.17) is 9.47 Å². The van der Waals surface area contributed by atoms with Crippen molar-refractivity contribution >= 4 is 0 Å². The highest BCUT2D eigenvalue weighted by molar-refractivity contribution is 5.40. The lowest BCUT2D eigenvalue weighted by atomic mass is 9.69. The summed E-state index contributed by atoms with van der Waals surface area (Å²) >= 11 is 0. The SMILES string of the molecule is COCCNCC1(c2ccccc2OC)CCCCC1. The number of benzene rings is 1. The van der Waals surface area contributed by atoms with Crippen molar-refractivity contribution in [1.29, 1.82) is 0 Å². The molecule has 1 saturated carbocycles. The van der Waals surface area contributed by atoms with E-state index < -0.39 is 0 Å². The molecule has 1 N–H and O–H groups in total. The quantitative estimate of drug-likeness (QED) is 0.777. The minimum absolute atomic E-state index is 0.221. The lowest BCUT2D eigenvalue weighted by Gasteiger charge is -2.39. The molecular formula is C17H27NO2. The van der Waals surface area contributed by atoms with Gasteiger partial charge < -0.3 is 14.8 Å². The summed E-state index contributed by atoms with van der Waals surface area (Å²) in [7, 11) is 3.52. The summed E-state index contributed by atoms with van der Waals surface area (Å²) in [5.41, 5.74) is 1.59. The van der Waals surface area contributed by atoms with E-state index in [-0.39, 0.29) is 5.41 Å². The third-order valence-electron chi connectivity index (χ3n) is 4.44. The first-order valence-corrected chi connectivity index (χ1v) is 7.65. The molecule has 0 aromatic heterocycles. The molecule has 1 aromatic carbocycles. The van der Waals surface area contributed by atoms with Gasteiger partial charge in [-0.15, -0.1) is 0 Å². The Balaban J connectivity index is 2.17. The van der Waals surface area contributed by atoms with Crippen LogP contribution in [0.4, 0.5) is 0 Å². The Hall–Kier alpha value is -1.06. The highest BCUT2D eigenvalue weighted by Gasteiger charge is 2.35. The molecule has 0 aliphatic heterocycles. The maximum Gasteiger partial charge on any atom is 0.122 e. The van der Waals surface area contributed by atoms with Crippen LogP contribution in [0.1, 0.15) is 37.7 Å². The number of nitrogens with one attached hydrogen (secondary N) is 1. The van der Waals surface area contributed by atoms with Crippen molar-refractivity contribution < 1.29 is 9.47 Å². The zero-order chi connectivity index (χ0) is 14.3. The van der Waals surface area contributed by atoms with Gasteiger partial charge in [0.05, 0.1) is 13.7 Å². The summed E-state index contributed by atoms with van der Waals surface area (Å²) in [5.74, 6) is 1.03. The predicted molar refractivity (Wildman–Crippen MR) is 82.5 cm³/mol. The van der Waals surface area contributed by atoms with Crippen molar-refractivity contribution in [3.63, 3.8) is 0 Å². The minimum atomic E-state index is 0.221. The van der Waals surface area contributed by atoms with Gasteiger partial charge in [-0.1, -0.05) is 37.5 Å². The van der Waals surface area contributed by atoms with Crippen LogP contribution in [0.5, 0.6) is 5.75 Å². The smallest absolute Gasteiger partial charge is 0.122 e. The largest absolute Gasteiger partial charge is 0.496 e. The Bertz CT molecular complexity index is 400. The summed E-state index contributed by atoms with van der Waals surface area (Å²) in [5, 5.41) is 3.57. The topological polar surface area (TPSA) is 30.5 Å². The molecule has 0 radical (unpaired) electrons. The molecule has 0 spiro atoms. The van der Waals surface area contributed by atoms with Gasteiger partial charge in [0.25, 0.3) is 0 Å². The molecule has 2 rings (SSSR count). The normalized spacial score (nSPS) is 17.9. The van der Waals surface area contributed by atoms with Crippen molar-refractivity contribution in [3.8, 4) is 5.75 Å². The van der Waals surface area contributed by atoms with E-state index in [1.54, 1.807) is 14.2 Å². The molecule has 0 atom stereocenters. The Kier molecular flexibility index (Phi) is 5.86. The standard InChI is InChI=1S/C17H27NO2/c1-19-13-12-18-14-17(10-6-3-7-11-17)15-8-4-5-9-16(15)20-2/h4-5,8-9,18H,3,6-7,10-14H2,1-2H3. The number of rotatable bonds is 7. The van der Waals surface area contributed by atoms with E-state index >= 15 is 0 Å². The van der Waals surface area contributed by atoms with Crippen LogP contribution >= 0.6 is 0 Å². The maximum atomic E-state index is 5.60. The van der Waals surface area contributed by atoms with E-state index in [0.29, 0.717) is 0 Å². The van der Waals surface area contributed by atoms with Crippen LogP contribution in [0.3, 0.4) is 0 Å². The Morgan fingerprint density at radius 3 is 2.55 bits per heavy atom. The number of hydrogen-bond donors (Lipinski definition) is 1. The second-order valence-electron chi connectivity index (χ2n) is 5.71. The Morgan fingerprint density at radius 2 is 1.85 bits per heavy atom. The molecule has 3 heteroatoms. The highest BCUT2D eigenvalue weighted by Crippen LogP contribution is 2.42. The van der Waals surface area contributed by atoms with Gasteiger partial charge in [-0.2, -0.15) is 0 Å². The molecule has 0 saturated heterocycles. The van der Waals surface area contributed by atoms with Crippen LogP contribution in [0, 0.1) is 0 Å². The zero-order valence-corrected chi connectivity index (χ0v) is 12.8. The van der Waals surface area contributed by atoms with Crippen LogP contribution in [0.15, 0.2) is 24.3 Å². The Morgan fingerprint density at radius 1 is 1.10 bits per heavy atom. The van der Waals surface area contributed by atoms with Gasteiger partial charge in [0.15, 0.2) is 0 Å². The van der Waals surface area contributed by atoms with Crippen molar-refractivity contribution in [1.82, 2.24) is 5.32 Å². The molecule has 1 aliphatic rings. The molecule has 0 unspecified atom stereocenters. The van der Waals surface area contributed by atoms with Crippen molar-refractivity contribution in [2.24, 2.45) is 0 Å². The highest BCUT2D eigenvalue weighted by atomic mass is 16.5. The second-order valence-corrected chi connectivity index (χ2v) is 5.71. The molecule has 3 nitrogen and oxygen atoms in total. The molecule has 0 amide bonds. The van der Waals surface area contributed by atoms with Gasteiger partial charge in [-0.25, -0.2) is 0 Å². The first kappa shape index (κ1) is 15.3. The summed E-state index contributed by atoms with van der Waals surface area (Å²) < 4.78 is 10.7. The predicted octanol–water partition coefficient (Wildman–Crippen LogP) is 3.13. The van der Waals surface area contributed by atoms with Gasteiger partial charge >= 0.3 is 0 Å². The second kappa shape index (κ2) is 7.65. The van der Waals surface area contributed by atoms with Gasteiger partial charge in [0, 0.05) is 31.2 Å². The third kappa shape index (κ3) is 3.53. The Labute approximate surface area is 122 Å². The first-order chi connectivity index (χ1) is 9.82. The van der Waals surface area contributed by atoms with Crippen molar-refractivity contribution in [2.75, 3.05) is 33.9 Å². The van der Waals surface area contributed by atoms with Crippen LogP contribution in [0.2, 0.25) is 0 Å². The van der Waals surface area contributed by atoms with Crippen LogP contribution < -0.4 is 10.1 Å². The number of hydrogen-bond acceptors (Lipinski definition) is 3.